The SMILES string of the molecule is CC(C)C(NC(=O)Nc1ccc(C(=O)O)c(O)c1)C(N)=O. The molecule has 1 unspecified atom stereocenters. The summed E-state index contributed by atoms with van der Waals surface area (Å²) >= 11 is 0. The van der Waals surface area contributed by atoms with Crippen molar-refractivity contribution in [2.45, 2.75) is 19.9 Å². The van der Waals surface area contributed by atoms with Gasteiger partial charge in [-0.25, -0.2) is 9.59 Å². The smallest absolute Gasteiger partial charge is 0.339 e. The van der Waals surface area contributed by atoms with Gasteiger partial charge in [-0.15, -0.1) is 0 Å². The summed E-state index contributed by atoms with van der Waals surface area (Å²) in [4.78, 5) is 33.7. The Bertz CT molecular complexity index is 571. The molecule has 0 fully saturated rings. The van der Waals surface area contributed by atoms with Gasteiger partial charge in [-0.05, 0) is 18.1 Å². The molecule has 0 aliphatic heterocycles. The first-order valence-electron chi connectivity index (χ1n) is 6.15. The molecular formula is C13H17N3O5. The number of nitrogens with two attached hydrogens (primary N) is 1. The molecular weight excluding hydrogens is 278 g/mol. The number of rotatable bonds is 5. The van der Waals surface area contributed by atoms with Gasteiger partial charge in [0.2, 0.25) is 5.91 Å². The number of hydrogen-bond donors (Lipinski definition) is 5. The van der Waals surface area contributed by atoms with E-state index in [9.17, 15) is 19.5 Å². The number of carbonyl (C=O) groups excluding carboxylic acids is 2. The van der Waals surface area contributed by atoms with Gasteiger partial charge in [0.25, 0.3) is 0 Å². The third-order valence-electron chi connectivity index (χ3n) is 2.75. The number of carboxylic acid groups (broad SMARTS) is 1. The van der Waals surface area contributed by atoms with Gasteiger partial charge in [0.1, 0.15) is 17.4 Å². The number of aromatic hydroxyl groups is 1. The Labute approximate surface area is 120 Å². The monoisotopic (exact) mass is 295 g/mol. The van der Waals surface area contributed by atoms with Crippen molar-refractivity contribution in [1.82, 2.24) is 5.32 Å². The highest BCUT2D eigenvalue weighted by molar-refractivity contribution is 5.95. The fourth-order valence-corrected chi connectivity index (χ4v) is 1.66. The molecule has 0 heterocycles. The second kappa shape index (κ2) is 6.60. The number of carboxylic acids is 1. The lowest BCUT2D eigenvalue weighted by molar-refractivity contribution is -0.120. The lowest BCUT2D eigenvalue weighted by atomic mass is 10.0. The van der Waals surface area contributed by atoms with Gasteiger partial charge in [0.15, 0.2) is 0 Å². The molecule has 1 atom stereocenters. The molecule has 0 saturated heterocycles. The van der Waals surface area contributed by atoms with Crippen molar-refractivity contribution >= 4 is 23.6 Å². The number of phenols is 1. The first kappa shape index (κ1) is 16.3. The Morgan fingerprint density at radius 2 is 1.86 bits per heavy atom. The van der Waals surface area contributed by atoms with Crippen LogP contribution in [0.4, 0.5) is 10.5 Å². The van der Waals surface area contributed by atoms with Crippen molar-refractivity contribution in [2.75, 3.05) is 5.32 Å². The normalized spacial score (nSPS) is 11.8. The molecule has 0 bridgehead atoms. The summed E-state index contributed by atoms with van der Waals surface area (Å²) in [6.07, 6.45) is 0. The number of anilines is 1. The molecule has 1 aromatic rings. The van der Waals surface area contributed by atoms with Crippen LogP contribution in [-0.4, -0.2) is 34.2 Å². The largest absolute Gasteiger partial charge is 0.507 e. The van der Waals surface area contributed by atoms with Gasteiger partial charge < -0.3 is 26.6 Å². The van der Waals surface area contributed by atoms with E-state index in [0.29, 0.717) is 0 Å². The minimum Gasteiger partial charge on any atom is -0.507 e. The fraction of sp³-hybridized carbons (Fsp3) is 0.308. The van der Waals surface area contributed by atoms with E-state index in [2.05, 4.69) is 10.6 Å². The zero-order valence-corrected chi connectivity index (χ0v) is 11.6. The van der Waals surface area contributed by atoms with E-state index in [4.69, 9.17) is 10.8 Å². The first-order valence-corrected chi connectivity index (χ1v) is 6.15. The van der Waals surface area contributed by atoms with E-state index < -0.39 is 29.7 Å². The second-order valence-corrected chi connectivity index (χ2v) is 4.76. The van der Waals surface area contributed by atoms with E-state index in [1.165, 1.54) is 6.07 Å². The van der Waals surface area contributed by atoms with Crippen LogP contribution in [0.15, 0.2) is 18.2 Å². The highest BCUT2D eigenvalue weighted by Gasteiger charge is 2.21. The maximum absolute atomic E-state index is 11.7. The number of aromatic carboxylic acids is 1. The van der Waals surface area contributed by atoms with Crippen molar-refractivity contribution in [1.29, 1.82) is 0 Å². The van der Waals surface area contributed by atoms with Crippen LogP contribution in [0, 0.1) is 5.92 Å². The Hall–Kier alpha value is -2.77. The molecule has 0 radical (unpaired) electrons. The quantitative estimate of drug-likeness (QED) is 0.544. The lowest BCUT2D eigenvalue weighted by Crippen LogP contribution is -2.49. The van der Waals surface area contributed by atoms with Crippen LogP contribution in [0.1, 0.15) is 24.2 Å². The Morgan fingerprint density at radius 1 is 1.24 bits per heavy atom. The lowest BCUT2D eigenvalue weighted by Gasteiger charge is -2.19. The molecule has 0 spiro atoms. The summed E-state index contributed by atoms with van der Waals surface area (Å²) < 4.78 is 0. The number of nitrogens with one attached hydrogen (secondary N) is 2. The number of benzene rings is 1. The van der Waals surface area contributed by atoms with Crippen LogP contribution in [0.3, 0.4) is 0 Å². The highest BCUT2D eigenvalue weighted by Crippen LogP contribution is 2.21. The minimum absolute atomic E-state index is 0.182. The first-order chi connectivity index (χ1) is 9.72. The summed E-state index contributed by atoms with van der Waals surface area (Å²) in [5.41, 5.74) is 5.07. The van der Waals surface area contributed by atoms with Gasteiger partial charge in [-0.1, -0.05) is 13.8 Å². The van der Waals surface area contributed by atoms with E-state index >= 15 is 0 Å². The molecule has 8 heteroatoms. The molecule has 0 saturated carbocycles. The second-order valence-electron chi connectivity index (χ2n) is 4.76. The molecule has 0 aliphatic rings. The van der Waals surface area contributed by atoms with Crippen LogP contribution in [0.25, 0.3) is 0 Å². The summed E-state index contributed by atoms with van der Waals surface area (Å²) in [6.45, 7) is 3.45. The molecule has 114 valence electrons. The zero-order valence-electron chi connectivity index (χ0n) is 11.6. The average molecular weight is 295 g/mol. The number of hydrogen-bond acceptors (Lipinski definition) is 4. The summed E-state index contributed by atoms with van der Waals surface area (Å²) in [5.74, 6) is -2.60. The van der Waals surface area contributed by atoms with E-state index in [1.807, 2.05) is 0 Å². The van der Waals surface area contributed by atoms with Gasteiger partial charge in [0, 0.05) is 11.8 Å². The van der Waals surface area contributed by atoms with Gasteiger partial charge in [0.05, 0.1) is 0 Å². The molecule has 3 amide bonds. The van der Waals surface area contributed by atoms with Crippen molar-refractivity contribution in [3.63, 3.8) is 0 Å². The van der Waals surface area contributed by atoms with Gasteiger partial charge in [-0.3, -0.25) is 4.79 Å². The Balaban J connectivity index is 2.77. The molecule has 0 aromatic heterocycles. The van der Waals surface area contributed by atoms with Crippen LogP contribution in [-0.2, 0) is 4.79 Å². The molecule has 21 heavy (non-hydrogen) atoms. The molecule has 1 aromatic carbocycles. The number of carbonyl (C=O) groups is 3. The van der Waals surface area contributed by atoms with Crippen molar-refractivity contribution < 1.29 is 24.6 Å². The minimum atomic E-state index is -1.28. The topological polar surface area (TPSA) is 142 Å². The third-order valence-corrected chi connectivity index (χ3v) is 2.75. The third kappa shape index (κ3) is 4.37. The van der Waals surface area contributed by atoms with Crippen LogP contribution in [0.5, 0.6) is 5.75 Å². The molecule has 6 N–H and O–H groups in total. The summed E-state index contributed by atoms with van der Waals surface area (Å²) in [5, 5.41) is 23.1. The zero-order chi connectivity index (χ0) is 16.2. The highest BCUT2D eigenvalue weighted by atomic mass is 16.4. The Morgan fingerprint density at radius 3 is 2.29 bits per heavy atom. The predicted octanol–water partition coefficient (Wildman–Crippen LogP) is 0.722. The van der Waals surface area contributed by atoms with E-state index in [1.54, 1.807) is 13.8 Å². The number of urea groups is 1. The summed E-state index contributed by atoms with van der Waals surface area (Å²) in [7, 11) is 0. The molecule has 1 rings (SSSR count). The van der Waals surface area contributed by atoms with Crippen LogP contribution >= 0.6 is 0 Å². The van der Waals surface area contributed by atoms with Crippen molar-refractivity contribution in [2.24, 2.45) is 11.7 Å². The predicted molar refractivity (Wildman–Crippen MR) is 75.0 cm³/mol. The number of amides is 3. The van der Waals surface area contributed by atoms with Crippen LogP contribution in [0.2, 0.25) is 0 Å². The van der Waals surface area contributed by atoms with Gasteiger partial charge >= 0.3 is 12.0 Å². The average Bonchev–Trinajstić information content (AvgIpc) is 2.34. The van der Waals surface area contributed by atoms with E-state index in [-0.39, 0.29) is 17.2 Å². The van der Waals surface area contributed by atoms with E-state index in [0.717, 1.165) is 12.1 Å². The molecule has 8 nitrogen and oxygen atoms in total. The fourth-order valence-electron chi connectivity index (χ4n) is 1.66. The maximum atomic E-state index is 11.7. The standard InChI is InChI=1S/C13H17N3O5/c1-6(2)10(11(14)18)16-13(21)15-7-3-4-8(12(19)20)9(17)5-7/h3-6,10,17H,1-2H3,(H2,14,18)(H,19,20)(H2,15,16,21). The maximum Gasteiger partial charge on any atom is 0.339 e. The van der Waals surface area contributed by atoms with Gasteiger partial charge in [-0.2, -0.15) is 0 Å². The summed E-state index contributed by atoms with van der Waals surface area (Å²) in [6, 6.07) is 2.04. The molecule has 0 aliphatic carbocycles. The Kier molecular flexibility index (Phi) is 5.12. The van der Waals surface area contributed by atoms with Crippen molar-refractivity contribution in [3.05, 3.63) is 23.8 Å². The van der Waals surface area contributed by atoms with Crippen LogP contribution < -0.4 is 16.4 Å². The van der Waals surface area contributed by atoms with Crippen molar-refractivity contribution in [3.8, 4) is 5.75 Å². The number of primary amides is 1.